The largest absolute Gasteiger partial charge is 0.432 e. The third-order valence-corrected chi connectivity index (χ3v) is 33.0. The van der Waals surface area contributed by atoms with Crippen LogP contribution in [0.3, 0.4) is 0 Å². The minimum atomic E-state index is -4.05. The summed E-state index contributed by atoms with van der Waals surface area (Å²) >= 11 is 0. The third-order valence-electron chi connectivity index (χ3n) is 33.0. The van der Waals surface area contributed by atoms with Crippen LogP contribution in [0.25, 0.3) is 0 Å². The first-order valence-corrected chi connectivity index (χ1v) is 52.5. The summed E-state index contributed by atoms with van der Waals surface area (Å²) in [6.07, 6.45) is 23.3. The fraction of sp³-hybridized carbons (Fsp3) is 0.583. The number of halogens is 19. The van der Waals surface area contributed by atoms with Crippen molar-refractivity contribution in [2.45, 2.75) is 305 Å². The molecule has 10 unspecified atom stereocenters. The van der Waals surface area contributed by atoms with E-state index in [1.807, 2.05) is 0 Å². The van der Waals surface area contributed by atoms with Gasteiger partial charge >= 0.3 is 30.5 Å². The van der Waals surface area contributed by atoms with Crippen LogP contribution < -0.4 is 23.7 Å². The third kappa shape index (κ3) is 29.0. The second kappa shape index (κ2) is 49.6. The smallest absolute Gasteiger partial charge is 0.429 e. The molecule has 10 atom stereocenters. The highest BCUT2D eigenvalue weighted by atomic mass is 19.3. The van der Waals surface area contributed by atoms with E-state index in [2.05, 4.69) is 9.47 Å². The van der Waals surface area contributed by atoms with Crippen molar-refractivity contribution in [1.82, 2.24) is 0 Å². The van der Waals surface area contributed by atoms with Crippen molar-refractivity contribution in [2.24, 2.45) is 82.9 Å². The lowest BCUT2D eigenvalue weighted by molar-refractivity contribution is -0.226. The molecule has 7 saturated carbocycles. The molecule has 0 amide bonds. The van der Waals surface area contributed by atoms with Crippen molar-refractivity contribution in [3.63, 3.8) is 0 Å². The number of hydrogen-bond donors (Lipinski definition) is 0. The maximum atomic E-state index is 14.6. The predicted molar refractivity (Wildman–Crippen MR) is 506 cm³/mol. The van der Waals surface area contributed by atoms with E-state index in [4.69, 9.17) is 37.9 Å². The van der Waals surface area contributed by atoms with Crippen LogP contribution in [0.1, 0.15) is 296 Å². The Labute approximate surface area is 832 Å². The first kappa shape index (κ1) is 108. The summed E-state index contributed by atoms with van der Waals surface area (Å²) in [5, 5.41) is 0. The zero-order chi connectivity index (χ0) is 101. The Balaban J connectivity index is 0.000000129. The number of benzene rings is 8. The monoisotopic (exact) mass is 2030 g/mol. The Kier molecular flexibility index (Phi) is 37.2. The van der Waals surface area contributed by atoms with Crippen LogP contribution in [0.15, 0.2) is 170 Å². The molecule has 5 heterocycles. The Hall–Kier alpha value is -8.77. The maximum absolute atomic E-state index is 14.6. The molecule has 20 rings (SSSR count). The minimum Gasteiger partial charge on any atom is -0.432 e. The van der Waals surface area contributed by atoms with Crippen LogP contribution in [0.2, 0.25) is 0 Å². The molecular formula is C115H133F19O10. The summed E-state index contributed by atoms with van der Waals surface area (Å²) in [6, 6.07) is 31.6. The first-order valence-electron chi connectivity index (χ1n) is 52.5. The summed E-state index contributed by atoms with van der Waals surface area (Å²) in [7, 11) is 0. The van der Waals surface area contributed by atoms with Gasteiger partial charge in [-0.1, -0.05) is 159 Å². The fourth-order valence-electron chi connectivity index (χ4n) is 24.6. The molecule has 5 saturated heterocycles. The van der Waals surface area contributed by atoms with E-state index in [0.29, 0.717) is 122 Å². The van der Waals surface area contributed by atoms with Gasteiger partial charge in [0.05, 0.1) is 92.1 Å². The zero-order valence-corrected chi connectivity index (χ0v) is 81.3. The maximum Gasteiger partial charge on any atom is 0.429 e. The SMILES string of the molecule is Fc1ccc(OC(F)(F)C2CCC(C3CCC(C4CCCC4)CO3)CC2)cc1.Fc1ccc(OC(F)(F)C2CCC(C3CCC(C4CCCC4)CO3)CC2)cc1F.Fc1ccc(OC(F)(F)c2ccc(C3CCC(C4CCCC4)CO3)cc2)cc1.Fc1ccc(OC(F)(F)c2ccc(C3CCC(C4CCCC4)CO3)cc2)cc1F.Fc1ccc(OC(F)(F)c2ccc(C3CCC(C4CCCC4)CO3)cc2F)cc1F. The second-order valence-electron chi connectivity index (χ2n) is 42.1. The van der Waals surface area contributed by atoms with Gasteiger partial charge in [0, 0.05) is 18.2 Å². The van der Waals surface area contributed by atoms with Crippen LogP contribution >= 0.6 is 0 Å². The van der Waals surface area contributed by atoms with Gasteiger partial charge in [0.15, 0.2) is 34.9 Å². The minimum absolute atomic E-state index is 0.0158. The lowest BCUT2D eigenvalue weighted by atomic mass is 9.75. The number of alkyl halides is 10. The molecule has 5 aliphatic heterocycles. The Morgan fingerprint density at radius 2 is 0.465 bits per heavy atom. The van der Waals surface area contributed by atoms with E-state index in [1.54, 1.807) is 24.3 Å². The van der Waals surface area contributed by atoms with Crippen LogP contribution in [-0.2, 0) is 42.0 Å². The normalized spacial score (nSPS) is 26.8. The molecule has 144 heavy (non-hydrogen) atoms. The van der Waals surface area contributed by atoms with Gasteiger partial charge in [0.1, 0.15) is 46.2 Å². The molecule has 786 valence electrons. The molecular weight excluding hydrogens is 1900 g/mol. The lowest BCUT2D eigenvalue weighted by Crippen LogP contribution is -2.40. The number of hydrogen-bond acceptors (Lipinski definition) is 10. The molecule has 0 aromatic heterocycles. The van der Waals surface area contributed by atoms with E-state index in [0.717, 1.165) is 192 Å². The predicted octanol–water partition coefficient (Wildman–Crippen LogP) is 33.6. The van der Waals surface area contributed by atoms with Crippen LogP contribution in [0.4, 0.5) is 83.4 Å². The first-order chi connectivity index (χ1) is 69.2. The Morgan fingerprint density at radius 3 is 0.764 bits per heavy atom. The molecule has 12 fully saturated rings. The van der Waals surface area contributed by atoms with Crippen molar-refractivity contribution in [2.75, 3.05) is 33.0 Å². The van der Waals surface area contributed by atoms with Crippen LogP contribution in [0.5, 0.6) is 28.7 Å². The lowest BCUT2D eigenvalue weighted by Gasteiger charge is -2.40. The van der Waals surface area contributed by atoms with Crippen molar-refractivity contribution in [1.29, 1.82) is 0 Å². The molecule has 29 heteroatoms. The van der Waals surface area contributed by atoms with E-state index in [9.17, 15) is 83.4 Å². The van der Waals surface area contributed by atoms with E-state index in [1.165, 1.54) is 196 Å². The molecule has 0 N–H and O–H groups in total. The molecule has 10 nitrogen and oxygen atoms in total. The Morgan fingerprint density at radius 1 is 0.201 bits per heavy atom. The van der Waals surface area contributed by atoms with Crippen molar-refractivity contribution in [3.05, 3.63) is 256 Å². The van der Waals surface area contributed by atoms with Crippen LogP contribution in [0, 0.1) is 135 Å². The molecule has 7 aliphatic carbocycles. The summed E-state index contributed by atoms with van der Waals surface area (Å²) in [4.78, 5) is 0. The van der Waals surface area contributed by atoms with Crippen molar-refractivity contribution >= 4 is 0 Å². The fourth-order valence-corrected chi connectivity index (χ4v) is 24.6. The van der Waals surface area contributed by atoms with Crippen LogP contribution in [-0.4, -0.2) is 57.5 Å². The molecule has 12 aliphatic rings. The molecule has 0 bridgehead atoms. The topological polar surface area (TPSA) is 92.3 Å². The molecule has 0 radical (unpaired) electrons. The van der Waals surface area contributed by atoms with Crippen molar-refractivity contribution in [3.8, 4) is 28.7 Å². The summed E-state index contributed by atoms with van der Waals surface area (Å²) in [5.41, 5.74) is 0.722. The summed E-state index contributed by atoms with van der Waals surface area (Å²) in [6.45, 7) is 3.78. The average molecular weight is 2040 g/mol. The van der Waals surface area contributed by atoms with Gasteiger partial charge in [-0.05, 0) is 325 Å². The van der Waals surface area contributed by atoms with Gasteiger partial charge in [-0.2, -0.15) is 43.9 Å². The van der Waals surface area contributed by atoms with E-state index in [-0.39, 0.29) is 58.9 Å². The molecule has 8 aromatic carbocycles. The van der Waals surface area contributed by atoms with E-state index < -0.39 is 112 Å². The quantitative estimate of drug-likeness (QED) is 0.0515. The van der Waals surface area contributed by atoms with E-state index >= 15 is 0 Å². The van der Waals surface area contributed by atoms with Crippen molar-refractivity contribution < 1.29 is 131 Å². The standard InChI is InChI=1S/C23H23F5O2.C23H30F4O2.C23H24F4O2.C23H31F3O2.C23H25F3O2/c24-19-9-7-17(12-21(19)26)30-23(27,28)18-8-5-15(11-20(18)25)22-10-6-16(13-29-22)14-3-1-2-4-14;2*24-20-11-10-19(13-21(20)25)29-23(26,27)18-8-5-16(6-9-18)22-12-7-17(14-28-22)15-3-1-2-4-15;2*24-20-10-12-21(13-11-20)28-23(25,26)19-8-5-17(6-9-19)22-14-7-18(15-27-22)16-3-1-2-4-16/h5,7-9,11-12,14,16,22H,1-4,6,10,13H2;10-11,13,15-18,22H,1-9,12,14H2;5-6,8-11,13,15,17,22H,1-4,7,12,14H2;10-13,16-19,22H,1-9,14-15H2;5-6,8-13,16,18,22H,1-4,7,14-15H2. The van der Waals surface area contributed by atoms with Gasteiger partial charge in [-0.25, -0.2) is 39.5 Å². The van der Waals surface area contributed by atoms with Gasteiger partial charge in [-0.15, -0.1) is 0 Å². The highest BCUT2D eigenvalue weighted by Gasteiger charge is 2.50. The van der Waals surface area contributed by atoms with Gasteiger partial charge < -0.3 is 47.4 Å². The molecule has 0 spiro atoms. The second-order valence-corrected chi connectivity index (χ2v) is 42.1. The highest BCUT2D eigenvalue weighted by Crippen LogP contribution is 2.51. The van der Waals surface area contributed by atoms with Gasteiger partial charge in [0.2, 0.25) is 0 Å². The summed E-state index contributed by atoms with van der Waals surface area (Å²) < 4.78 is 318. The number of rotatable bonds is 25. The highest BCUT2D eigenvalue weighted by molar-refractivity contribution is 5.34. The van der Waals surface area contributed by atoms with Gasteiger partial charge in [0.25, 0.3) is 0 Å². The molecule has 8 aromatic rings. The van der Waals surface area contributed by atoms with Gasteiger partial charge in [-0.3, -0.25) is 0 Å². The zero-order valence-electron chi connectivity index (χ0n) is 81.3. The summed E-state index contributed by atoms with van der Waals surface area (Å²) in [5.74, 6) is -4.58. The Bertz CT molecular complexity index is 5260. The number of ether oxygens (including phenoxy) is 10. The average Bonchev–Trinajstić information content (AvgIpc) is 0.906.